The molecule has 0 aliphatic heterocycles. The second kappa shape index (κ2) is 6.47. The van der Waals surface area contributed by atoms with Crippen LogP contribution in [0, 0.1) is 3.57 Å². The lowest BCUT2D eigenvalue weighted by Crippen LogP contribution is -2.31. The second-order valence-electron chi connectivity index (χ2n) is 3.86. The van der Waals surface area contributed by atoms with Crippen LogP contribution in [0.1, 0.15) is 17.3 Å². The average Bonchev–Trinajstić information content (AvgIpc) is 2.42. The molecule has 1 aromatic heterocycles. The Hall–Kier alpha value is -0.950. The molecule has 0 fully saturated rings. The van der Waals surface area contributed by atoms with Crippen molar-refractivity contribution in [1.29, 1.82) is 0 Å². The van der Waals surface area contributed by atoms with Crippen molar-refractivity contribution in [3.63, 3.8) is 0 Å². The molecule has 3 nitrogen and oxygen atoms in total. The molecule has 2 rings (SSSR count). The Bertz CT molecular complexity index is 586. The number of benzene rings is 1. The molecule has 0 spiro atoms. The van der Waals surface area contributed by atoms with Crippen molar-refractivity contribution >= 4 is 50.2 Å². The third-order valence-electron chi connectivity index (χ3n) is 2.65. The Labute approximate surface area is 134 Å². The Morgan fingerprint density at radius 3 is 2.63 bits per heavy atom. The quantitative estimate of drug-likeness (QED) is 0.686. The highest BCUT2D eigenvalue weighted by Crippen LogP contribution is 2.19. The third-order valence-corrected chi connectivity index (χ3v) is 4.06. The van der Waals surface area contributed by atoms with Gasteiger partial charge in [0.15, 0.2) is 0 Å². The summed E-state index contributed by atoms with van der Waals surface area (Å²) in [4.78, 5) is 18.5. The van der Waals surface area contributed by atoms with E-state index in [9.17, 15) is 4.79 Å². The lowest BCUT2D eigenvalue weighted by Gasteiger charge is -2.20. The summed E-state index contributed by atoms with van der Waals surface area (Å²) in [5.41, 5.74) is 0.703. The number of hydrogen-bond donors (Lipinski definition) is 0. The first-order chi connectivity index (χ1) is 9.13. The predicted octanol–water partition coefficient (Wildman–Crippen LogP) is 4.12. The van der Waals surface area contributed by atoms with Crippen LogP contribution < -0.4 is 4.90 Å². The number of nitrogens with zero attached hydrogens (tertiary/aromatic N) is 2. The summed E-state index contributed by atoms with van der Waals surface area (Å²) in [5.74, 6) is 0.637. The molecule has 19 heavy (non-hydrogen) atoms. The molecule has 0 atom stereocenters. The lowest BCUT2D eigenvalue weighted by atomic mass is 10.2. The molecular weight excluding hydrogens is 419 g/mol. The summed E-state index contributed by atoms with van der Waals surface area (Å²) < 4.78 is 1.84. The second-order valence-corrected chi connectivity index (χ2v) is 5.94. The van der Waals surface area contributed by atoms with Crippen LogP contribution in [0.3, 0.4) is 0 Å². The van der Waals surface area contributed by atoms with Gasteiger partial charge in [-0.1, -0.05) is 12.1 Å². The van der Waals surface area contributed by atoms with E-state index >= 15 is 0 Å². The molecule has 0 saturated heterocycles. The lowest BCUT2D eigenvalue weighted by molar-refractivity contribution is 0.0986. The van der Waals surface area contributed by atoms with Crippen LogP contribution in [-0.4, -0.2) is 17.4 Å². The molecule has 0 aliphatic carbocycles. The van der Waals surface area contributed by atoms with Crippen molar-refractivity contribution in [2.45, 2.75) is 6.92 Å². The van der Waals surface area contributed by atoms with E-state index in [1.807, 2.05) is 43.3 Å². The van der Waals surface area contributed by atoms with E-state index < -0.39 is 0 Å². The maximum Gasteiger partial charge on any atom is 0.260 e. The number of amides is 1. The van der Waals surface area contributed by atoms with Gasteiger partial charge in [-0.25, -0.2) is 4.98 Å². The van der Waals surface area contributed by atoms with Gasteiger partial charge in [0.1, 0.15) is 5.82 Å². The molecule has 0 aliphatic rings. The van der Waals surface area contributed by atoms with Crippen LogP contribution in [0.25, 0.3) is 0 Å². The van der Waals surface area contributed by atoms with Gasteiger partial charge in [0.2, 0.25) is 0 Å². The number of carbonyl (C=O) groups excluding carboxylic acids is 1. The first kappa shape index (κ1) is 14.5. The summed E-state index contributed by atoms with van der Waals surface area (Å²) in [6.45, 7) is 2.52. The van der Waals surface area contributed by atoms with E-state index in [-0.39, 0.29) is 5.91 Å². The molecule has 0 bridgehead atoms. The molecule has 98 valence electrons. The summed E-state index contributed by atoms with van der Waals surface area (Å²) in [6.07, 6.45) is 1.70. The standard InChI is InChI=1S/C14H12BrIN2O/c1-2-18(13-8-7-10(15)9-17-13)14(19)11-5-3-4-6-12(11)16/h3-9H,2H2,1H3. The van der Waals surface area contributed by atoms with E-state index in [0.717, 1.165) is 8.04 Å². The Balaban J connectivity index is 2.35. The van der Waals surface area contributed by atoms with E-state index in [0.29, 0.717) is 17.9 Å². The normalized spacial score (nSPS) is 10.3. The number of carbonyl (C=O) groups is 1. The Morgan fingerprint density at radius 1 is 1.32 bits per heavy atom. The minimum atomic E-state index is -0.0256. The van der Waals surface area contributed by atoms with Crippen molar-refractivity contribution < 1.29 is 4.79 Å². The maximum atomic E-state index is 12.6. The predicted molar refractivity (Wildman–Crippen MR) is 88.4 cm³/mol. The van der Waals surface area contributed by atoms with Gasteiger partial charge >= 0.3 is 0 Å². The first-order valence-electron chi connectivity index (χ1n) is 5.81. The van der Waals surface area contributed by atoms with Gasteiger partial charge in [-0.15, -0.1) is 0 Å². The summed E-state index contributed by atoms with van der Waals surface area (Å²) in [6, 6.07) is 11.3. The number of anilines is 1. The van der Waals surface area contributed by atoms with E-state index in [1.165, 1.54) is 0 Å². The van der Waals surface area contributed by atoms with E-state index in [2.05, 4.69) is 43.5 Å². The van der Waals surface area contributed by atoms with Crippen molar-refractivity contribution in [3.8, 4) is 0 Å². The first-order valence-corrected chi connectivity index (χ1v) is 7.68. The molecule has 1 amide bonds. The largest absolute Gasteiger partial charge is 0.293 e. The van der Waals surface area contributed by atoms with Gasteiger partial charge in [0, 0.05) is 20.8 Å². The zero-order valence-corrected chi connectivity index (χ0v) is 14.1. The molecule has 1 aromatic carbocycles. The summed E-state index contributed by atoms with van der Waals surface area (Å²) in [5, 5.41) is 0. The van der Waals surface area contributed by atoms with Crippen molar-refractivity contribution in [3.05, 3.63) is 56.2 Å². The number of pyridine rings is 1. The maximum absolute atomic E-state index is 12.6. The van der Waals surface area contributed by atoms with Gasteiger partial charge in [-0.05, 0) is 69.7 Å². The fourth-order valence-electron chi connectivity index (χ4n) is 1.72. The van der Waals surface area contributed by atoms with Crippen LogP contribution in [0.15, 0.2) is 47.1 Å². The van der Waals surface area contributed by atoms with Crippen LogP contribution in [0.5, 0.6) is 0 Å². The summed E-state index contributed by atoms with van der Waals surface area (Å²) >= 11 is 5.52. The minimum absolute atomic E-state index is 0.0256. The molecule has 2 aromatic rings. The van der Waals surface area contributed by atoms with Crippen molar-refractivity contribution in [2.75, 3.05) is 11.4 Å². The Morgan fingerprint density at radius 2 is 2.05 bits per heavy atom. The zero-order chi connectivity index (χ0) is 13.8. The van der Waals surface area contributed by atoms with E-state index in [1.54, 1.807) is 11.1 Å². The monoisotopic (exact) mass is 430 g/mol. The molecule has 0 saturated carbocycles. The van der Waals surface area contributed by atoms with Crippen molar-refractivity contribution in [1.82, 2.24) is 4.98 Å². The van der Waals surface area contributed by atoms with Gasteiger partial charge in [0.25, 0.3) is 5.91 Å². The average molecular weight is 431 g/mol. The smallest absolute Gasteiger partial charge is 0.260 e. The highest BCUT2D eigenvalue weighted by molar-refractivity contribution is 14.1. The third kappa shape index (κ3) is 3.33. The highest BCUT2D eigenvalue weighted by atomic mass is 127. The zero-order valence-electron chi connectivity index (χ0n) is 10.3. The van der Waals surface area contributed by atoms with Crippen LogP contribution in [-0.2, 0) is 0 Å². The van der Waals surface area contributed by atoms with E-state index in [4.69, 9.17) is 0 Å². The number of halogens is 2. The van der Waals surface area contributed by atoms with Gasteiger partial charge in [-0.2, -0.15) is 0 Å². The van der Waals surface area contributed by atoms with Crippen molar-refractivity contribution in [2.24, 2.45) is 0 Å². The molecule has 0 N–H and O–H groups in total. The number of rotatable bonds is 3. The van der Waals surface area contributed by atoms with Crippen LogP contribution >= 0.6 is 38.5 Å². The molecule has 5 heteroatoms. The molecule has 0 unspecified atom stereocenters. The van der Waals surface area contributed by atoms with Crippen LogP contribution in [0.2, 0.25) is 0 Å². The SMILES string of the molecule is CCN(C(=O)c1ccccc1I)c1ccc(Br)cn1. The topological polar surface area (TPSA) is 33.2 Å². The highest BCUT2D eigenvalue weighted by Gasteiger charge is 2.18. The summed E-state index contributed by atoms with van der Waals surface area (Å²) in [7, 11) is 0. The minimum Gasteiger partial charge on any atom is -0.293 e. The fraction of sp³-hybridized carbons (Fsp3) is 0.143. The number of aromatic nitrogens is 1. The van der Waals surface area contributed by atoms with Gasteiger partial charge < -0.3 is 0 Å². The Kier molecular flexibility index (Phi) is 4.93. The van der Waals surface area contributed by atoms with Gasteiger partial charge in [-0.3, -0.25) is 9.69 Å². The molecular formula is C14H12BrIN2O. The number of hydrogen-bond acceptors (Lipinski definition) is 2. The molecule has 1 heterocycles. The fourth-order valence-corrected chi connectivity index (χ4v) is 2.57. The molecule has 0 radical (unpaired) electrons. The van der Waals surface area contributed by atoms with Crippen LogP contribution in [0.4, 0.5) is 5.82 Å². The van der Waals surface area contributed by atoms with Gasteiger partial charge in [0.05, 0.1) is 5.56 Å².